The minimum absolute atomic E-state index is 0.0340. The molecule has 2 N–H and O–H groups in total. The van der Waals surface area contributed by atoms with Crippen molar-refractivity contribution in [3.63, 3.8) is 0 Å². The van der Waals surface area contributed by atoms with Crippen molar-refractivity contribution in [3.8, 4) is 0 Å². The molecule has 0 unspecified atom stereocenters. The van der Waals surface area contributed by atoms with Crippen LogP contribution in [0.25, 0.3) is 0 Å². The van der Waals surface area contributed by atoms with E-state index in [1.807, 2.05) is 40.4 Å². The smallest absolute Gasteiger partial charge is 0.174 e. The molecule has 0 amide bonds. The lowest BCUT2D eigenvalue weighted by atomic mass is 9.84. The van der Waals surface area contributed by atoms with Crippen LogP contribution in [0.5, 0.6) is 0 Å². The highest BCUT2D eigenvalue weighted by Gasteiger charge is 2.62. The van der Waals surface area contributed by atoms with E-state index in [2.05, 4.69) is 6.08 Å². The first-order valence-electron chi connectivity index (χ1n) is 6.66. The summed E-state index contributed by atoms with van der Waals surface area (Å²) in [6.45, 7) is 0. The van der Waals surface area contributed by atoms with E-state index in [1.54, 1.807) is 11.3 Å². The molecule has 5 atom stereocenters. The van der Waals surface area contributed by atoms with Crippen LogP contribution in [0, 0.1) is 5.92 Å². The molecular weight excluding hydrogens is 324 g/mol. The first kappa shape index (κ1) is 14.0. The van der Waals surface area contributed by atoms with Crippen molar-refractivity contribution in [2.24, 2.45) is 5.92 Å². The van der Waals surface area contributed by atoms with Crippen molar-refractivity contribution in [1.29, 1.82) is 0 Å². The average molecular weight is 338 g/mol. The number of thioether (sulfide) groups is 1. The van der Waals surface area contributed by atoms with E-state index in [0.717, 1.165) is 9.75 Å². The van der Waals surface area contributed by atoms with E-state index in [4.69, 9.17) is 4.74 Å². The minimum atomic E-state index is -0.994. The Hall–Kier alpha value is -0.630. The van der Waals surface area contributed by atoms with Gasteiger partial charge < -0.3 is 14.9 Å². The molecule has 0 aliphatic carbocycles. The van der Waals surface area contributed by atoms with Gasteiger partial charge in [0.1, 0.15) is 17.0 Å². The van der Waals surface area contributed by atoms with Crippen LogP contribution in [0.15, 0.2) is 46.5 Å². The van der Waals surface area contributed by atoms with Crippen LogP contribution in [0.2, 0.25) is 0 Å². The van der Waals surface area contributed by atoms with E-state index >= 15 is 0 Å². The minimum Gasteiger partial charge on any atom is -0.386 e. The van der Waals surface area contributed by atoms with Crippen molar-refractivity contribution in [1.82, 2.24) is 0 Å². The second kappa shape index (κ2) is 5.22. The fourth-order valence-electron chi connectivity index (χ4n) is 3.11. The Morgan fingerprint density at radius 3 is 2.71 bits per heavy atom. The van der Waals surface area contributed by atoms with Crippen LogP contribution in [0.4, 0.5) is 0 Å². The molecule has 0 saturated carbocycles. The number of hydrogen-bond donors (Lipinski definition) is 2. The highest BCUT2D eigenvalue weighted by atomic mass is 32.2. The second-order valence-electron chi connectivity index (χ2n) is 5.17. The maximum Gasteiger partial charge on any atom is 0.174 e. The molecule has 4 heterocycles. The Morgan fingerprint density at radius 2 is 2.00 bits per heavy atom. The summed E-state index contributed by atoms with van der Waals surface area (Å²) in [5.74, 6) is -0.0340. The van der Waals surface area contributed by atoms with Gasteiger partial charge in [0.05, 0.1) is 0 Å². The van der Waals surface area contributed by atoms with E-state index in [0.29, 0.717) is 0 Å². The summed E-state index contributed by atoms with van der Waals surface area (Å²) in [6, 6.07) is 7.83. The number of hydrogen-bond acceptors (Lipinski definition) is 6. The number of fused-ring (bicyclic) bond motifs is 1. The predicted molar refractivity (Wildman–Crippen MR) is 86.4 cm³/mol. The van der Waals surface area contributed by atoms with Gasteiger partial charge in [-0.3, -0.25) is 0 Å². The molecular formula is C15H14O3S3. The summed E-state index contributed by atoms with van der Waals surface area (Å²) in [4.78, 5) is 1.96. The molecule has 1 saturated heterocycles. The average Bonchev–Trinajstić information content (AvgIpc) is 3.26. The van der Waals surface area contributed by atoms with Crippen molar-refractivity contribution >= 4 is 34.4 Å². The zero-order chi connectivity index (χ0) is 14.4. The van der Waals surface area contributed by atoms with Gasteiger partial charge in [-0.25, -0.2) is 0 Å². The molecule has 0 spiro atoms. The predicted octanol–water partition coefficient (Wildman–Crippen LogP) is 3.55. The standard InChI is InChI=1S/C15H14O3S3/c16-13(11-4-2-7-20-11)15-9(5-8-21-15)12(18-14(15)17)10-3-1-6-19-10/h1-9,12-14,16-17H/t9-,12-,13-,14-,15+/m1/s1. The third-order valence-electron chi connectivity index (χ3n) is 4.13. The van der Waals surface area contributed by atoms with Crippen LogP contribution in [0.3, 0.4) is 0 Å². The number of thiophene rings is 2. The zero-order valence-electron chi connectivity index (χ0n) is 11.0. The lowest BCUT2D eigenvalue weighted by Crippen LogP contribution is -2.43. The molecule has 6 heteroatoms. The van der Waals surface area contributed by atoms with Gasteiger partial charge in [0.25, 0.3) is 0 Å². The normalized spacial score (nSPS) is 36.0. The number of rotatable bonds is 3. The van der Waals surface area contributed by atoms with Gasteiger partial charge in [0.15, 0.2) is 6.29 Å². The second-order valence-corrected chi connectivity index (χ2v) is 8.34. The Kier molecular flexibility index (Phi) is 3.48. The highest BCUT2D eigenvalue weighted by Crippen LogP contribution is 2.61. The maximum atomic E-state index is 10.9. The van der Waals surface area contributed by atoms with E-state index < -0.39 is 17.1 Å². The maximum absolute atomic E-state index is 10.9. The summed E-state index contributed by atoms with van der Waals surface area (Å²) in [6.07, 6.45) is 0.122. The highest BCUT2D eigenvalue weighted by molar-refractivity contribution is 8.03. The van der Waals surface area contributed by atoms with Crippen LogP contribution in [-0.4, -0.2) is 21.3 Å². The van der Waals surface area contributed by atoms with Gasteiger partial charge in [-0.05, 0) is 28.3 Å². The first-order chi connectivity index (χ1) is 10.2. The van der Waals surface area contributed by atoms with Gasteiger partial charge in [0, 0.05) is 15.7 Å². The summed E-state index contributed by atoms with van der Waals surface area (Å²) in [7, 11) is 0. The fourth-order valence-corrected chi connectivity index (χ4v) is 6.06. The van der Waals surface area contributed by atoms with Crippen LogP contribution in [0.1, 0.15) is 22.0 Å². The topological polar surface area (TPSA) is 49.7 Å². The monoisotopic (exact) mass is 338 g/mol. The summed E-state index contributed by atoms with van der Waals surface area (Å²) >= 11 is 4.61. The molecule has 4 rings (SSSR count). The van der Waals surface area contributed by atoms with Gasteiger partial charge >= 0.3 is 0 Å². The molecule has 2 aromatic heterocycles. The molecule has 0 radical (unpaired) electrons. The number of aliphatic hydroxyl groups excluding tert-OH is 2. The van der Waals surface area contributed by atoms with Gasteiger partial charge in [0.2, 0.25) is 0 Å². The molecule has 21 heavy (non-hydrogen) atoms. The Balaban J connectivity index is 1.74. The summed E-state index contributed by atoms with van der Waals surface area (Å²) in [5, 5.41) is 27.4. The van der Waals surface area contributed by atoms with Crippen LogP contribution < -0.4 is 0 Å². The zero-order valence-corrected chi connectivity index (χ0v) is 13.4. The van der Waals surface area contributed by atoms with Gasteiger partial charge in [-0.2, -0.15) is 0 Å². The number of ether oxygens (including phenoxy) is 1. The van der Waals surface area contributed by atoms with Gasteiger partial charge in [-0.15, -0.1) is 34.4 Å². The Bertz CT molecular complexity index is 637. The van der Waals surface area contributed by atoms with Crippen LogP contribution >= 0.6 is 34.4 Å². The molecule has 1 fully saturated rings. The fraction of sp³-hybridized carbons (Fsp3) is 0.333. The third kappa shape index (κ3) is 1.98. The number of aliphatic hydroxyl groups is 2. The van der Waals surface area contributed by atoms with E-state index in [-0.39, 0.29) is 12.0 Å². The summed E-state index contributed by atoms with van der Waals surface area (Å²) in [5.41, 5.74) is 0. The first-order valence-corrected chi connectivity index (χ1v) is 9.30. The quantitative estimate of drug-likeness (QED) is 0.899. The summed E-state index contributed by atoms with van der Waals surface area (Å²) < 4.78 is 5.08. The van der Waals surface area contributed by atoms with Crippen LogP contribution in [-0.2, 0) is 4.74 Å². The molecule has 2 aliphatic heterocycles. The molecule has 2 aliphatic rings. The van der Waals surface area contributed by atoms with Crippen molar-refractivity contribution < 1.29 is 14.9 Å². The van der Waals surface area contributed by atoms with Crippen molar-refractivity contribution in [2.45, 2.75) is 23.2 Å². The molecule has 0 aromatic carbocycles. The van der Waals surface area contributed by atoms with E-state index in [9.17, 15) is 10.2 Å². The SMILES string of the molecule is O[C@@H]1O[C@@H](c2cccs2)[C@H]2C=CS[C@@]12[C@H](O)c1cccs1. The van der Waals surface area contributed by atoms with Crippen molar-refractivity contribution in [3.05, 3.63) is 56.3 Å². The molecule has 0 bridgehead atoms. The van der Waals surface area contributed by atoms with Crippen molar-refractivity contribution in [2.75, 3.05) is 0 Å². The van der Waals surface area contributed by atoms with E-state index in [1.165, 1.54) is 23.1 Å². The van der Waals surface area contributed by atoms with Gasteiger partial charge in [-0.1, -0.05) is 18.2 Å². The molecule has 2 aromatic rings. The Labute approximate surface area is 134 Å². The largest absolute Gasteiger partial charge is 0.386 e. The Morgan fingerprint density at radius 1 is 1.19 bits per heavy atom. The lowest BCUT2D eigenvalue weighted by Gasteiger charge is -2.34. The third-order valence-corrected chi connectivity index (χ3v) is 7.39. The molecule has 110 valence electrons. The lowest BCUT2D eigenvalue weighted by molar-refractivity contribution is -0.115. The molecule has 3 nitrogen and oxygen atoms in total.